The highest BCUT2D eigenvalue weighted by Gasteiger charge is 2.42. The van der Waals surface area contributed by atoms with Gasteiger partial charge in [-0.25, -0.2) is 0 Å². The summed E-state index contributed by atoms with van der Waals surface area (Å²) in [5.74, 6) is 0. The maximum atomic E-state index is 9.83. The van der Waals surface area contributed by atoms with Crippen LogP contribution in [0.3, 0.4) is 0 Å². The van der Waals surface area contributed by atoms with Crippen molar-refractivity contribution in [2.24, 2.45) is 0 Å². The SMILES string of the molecule is CCCCCCCCCCCCO[C@@H]1O[C@@H](C)[C@H](O)[C@@H](O)[C@H]1O. The molecule has 23 heavy (non-hydrogen) atoms. The summed E-state index contributed by atoms with van der Waals surface area (Å²) in [7, 11) is 0. The zero-order valence-corrected chi connectivity index (χ0v) is 14.8. The number of hydrogen-bond donors (Lipinski definition) is 3. The van der Waals surface area contributed by atoms with E-state index < -0.39 is 30.7 Å². The van der Waals surface area contributed by atoms with Crippen LogP contribution in [-0.2, 0) is 9.47 Å². The zero-order chi connectivity index (χ0) is 17.1. The highest BCUT2D eigenvalue weighted by Crippen LogP contribution is 2.22. The lowest BCUT2D eigenvalue weighted by Crippen LogP contribution is -2.57. The lowest BCUT2D eigenvalue weighted by atomic mass is 10.00. The van der Waals surface area contributed by atoms with Gasteiger partial charge in [0.2, 0.25) is 0 Å². The third-order valence-corrected chi connectivity index (χ3v) is 4.59. The molecule has 0 aromatic rings. The van der Waals surface area contributed by atoms with Crippen LogP contribution in [0.25, 0.3) is 0 Å². The summed E-state index contributed by atoms with van der Waals surface area (Å²) in [6.45, 7) is 4.41. The fraction of sp³-hybridized carbons (Fsp3) is 1.00. The van der Waals surface area contributed by atoms with Crippen molar-refractivity contribution in [1.29, 1.82) is 0 Å². The van der Waals surface area contributed by atoms with Crippen LogP contribution in [0.1, 0.15) is 78.1 Å². The van der Waals surface area contributed by atoms with E-state index in [0.717, 1.165) is 12.8 Å². The molecule has 1 rings (SSSR count). The highest BCUT2D eigenvalue weighted by atomic mass is 16.7. The van der Waals surface area contributed by atoms with E-state index in [9.17, 15) is 15.3 Å². The normalized spacial score (nSPS) is 31.4. The summed E-state index contributed by atoms with van der Waals surface area (Å²) in [6.07, 6.45) is 7.72. The molecule has 1 fully saturated rings. The van der Waals surface area contributed by atoms with Gasteiger partial charge in [0.1, 0.15) is 18.3 Å². The van der Waals surface area contributed by atoms with Gasteiger partial charge in [-0.15, -0.1) is 0 Å². The molecule has 0 unspecified atom stereocenters. The number of aliphatic hydroxyl groups excluding tert-OH is 3. The molecule has 0 aliphatic carbocycles. The maximum absolute atomic E-state index is 9.83. The molecule has 5 nitrogen and oxygen atoms in total. The van der Waals surface area contributed by atoms with Crippen molar-refractivity contribution in [3.05, 3.63) is 0 Å². The van der Waals surface area contributed by atoms with Gasteiger partial charge in [-0.1, -0.05) is 64.7 Å². The molecule has 0 bridgehead atoms. The molecule has 138 valence electrons. The quantitative estimate of drug-likeness (QED) is 0.479. The molecule has 0 radical (unpaired) electrons. The number of unbranched alkanes of at least 4 members (excludes halogenated alkanes) is 9. The van der Waals surface area contributed by atoms with Crippen LogP contribution >= 0.6 is 0 Å². The fourth-order valence-electron chi connectivity index (χ4n) is 2.94. The van der Waals surface area contributed by atoms with E-state index in [2.05, 4.69) is 6.92 Å². The largest absolute Gasteiger partial charge is 0.388 e. The van der Waals surface area contributed by atoms with Gasteiger partial charge in [0, 0.05) is 6.61 Å². The average molecular weight is 332 g/mol. The van der Waals surface area contributed by atoms with Crippen LogP contribution in [0, 0.1) is 0 Å². The third kappa shape index (κ3) is 7.94. The summed E-state index contributed by atoms with van der Waals surface area (Å²) >= 11 is 0. The summed E-state index contributed by atoms with van der Waals surface area (Å²) in [5.41, 5.74) is 0. The maximum Gasteiger partial charge on any atom is 0.186 e. The van der Waals surface area contributed by atoms with Crippen molar-refractivity contribution in [3.63, 3.8) is 0 Å². The second-order valence-electron chi connectivity index (χ2n) is 6.73. The predicted molar refractivity (Wildman–Crippen MR) is 90.2 cm³/mol. The van der Waals surface area contributed by atoms with E-state index in [-0.39, 0.29) is 0 Å². The molecule has 5 atom stereocenters. The van der Waals surface area contributed by atoms with Crippen molar-refractivity contribution < 1.29 is 24.8 Å². The fourth-order valence-corrected chi connectivity index (χ4v) is 2.94. The molecule has 0 aromatic heterocycles. The van der Waals surface area contributed by atoms with Crippen LogP contribution in [0.15, 0.2) is 0 Å². The van der Waals surface area contributed by atoms with Gasteiger partial charge < -0.3 is 24.8 Å². The Kier molecular flexibility index (Phi) is 11.1. The first-order chi connectivity index (χ1) is 11.1. The second kappa shape index (κ2) is 12.2. The van der Waals surface area contributed by atoms with E-state index >= 15 is 0 Å². The molecule has 3 N–H and O–H groups in total. The highest BCUT2D eigenvalue weighted by molar-refractivity contribution is 4.87. The lowest BCUT2D eigenvalue weighted by molar-refractivity contribution is -0.293. The van der Waals surface area contributed by atoms with E-state index in [0.29, 0.717) is 6.61 Å². The molecule has 1 aliphatic heterocycles. The van der Waals surface area contributed by atoms with E-state index in [1.165, 1.54) is 51.4 Å². The summed E-state index contributed by atoms with van der Waals surface area (Å²) < 4.78 is 10.9. The molecule has 5 heteroatoms. The summed E-state index contributed by atoms with van der Waals surface area (Å²) in [4.78, 5) is 0. The van der Waals surface area contributed by atoms with Gasteiger partial charge in [0.15, 0.2) is 6.29 Å². The van der Waals surface area contributed by atoms with Crippen molar-refractivity contribution in [2.45, 2.75) is 109 Å². The average Bonchev–Trinajstić information content (AvgIpc) is 2.55. The molecule has 1 aliphatic rings. The van der Waals surface area contributed by atoms with Crippen LogP contribution in [0.2, 0.25) is 0 Å². The molecular formula is C18H36O5. The van der Waals surface area contributed by atoms with Crippen LogP contribution in [0.4, 0.5) is 0 Å². The Morgan fingerprint density at radius 3 is 1.83 bits per heavy atom. The predicted octanol–water partition coefficient (Wildman–Crippen LogP) is 2.75. The first-order valence-electron chi connectivity index (χ1n) is 9.39. The molecule has 0 spiro atoms. The molecule has 0 saturated carbocycles. The lowest BCUT2D eigenvalue weighted by Gasteiger charge is -2.38. The standard InChI is InChI=1S/C18H36O5/c1-3-4-5-6-7-8-9-10-11-12-13-22-18-17(21)16(20)15(19)14(2)23-18/h14-21H,3-13H2,1-2H3/t14-,15-,16+,17+,18+/m0/s1. The van der Waals surface area contributed by atoms with Crippen LogP contribution in [-0.4, -0.2) is 52.6 Å². The first kappa shape index (κ1) is 20.8. The Balaban J connectivity index is 1.96. The van der Waals surface area contributed by atoms with Crippen molar-refractivity contribution >= 4 is 0 Å². The first-order valence-corrected chi connectivity index (χ1v) is 9.39. The smallest absolute Gasteiger partial charge is 0.186 e. The van der Waals surface area contributed by atoms with Gasteiger partial charge in [-0.05, 0) is 13.3 Å². The molecule has 1 saturated heterocycles. The number of aliphatic hydroxyl groups is 3. The van der Waals surface area contributed by atoms with Crippen molar-refractivity contribution in [3.8, 4) is 0 Å². The van der Waals surface area contributed by atoms with Gasteiger partial charge >= 0.3 is 0 Å². The Morgan fingerprint density at radius 1 is 0.739 bits per heavy atom. The number of ether oxygens (including phenoxy) is 2. The molecular weight excluding hydrogens is 296 g/mol. The zero-order valence-electron chi connectivity index (χ0n) is 14.8. The van der Waals surface area contributed by atoms with E-state index in [1.54, 1.807) is 6.92 Å². The monoisotopic (exact) mass is 332 g/mol. The Morgan fingerprint density at radius 2 is 1.26 bits per heavy atom. The minimum absolute atomic E-state index is 0.508. The number of rotatable bonds is 12. The third-order valence-electron chi connectivity index (χ3n) is 4.59. The summed E-state index contributed by atoms with van der Waals surface area (Å²) in [6, 6.07) is 0. The molecule has 0 amide bonds. The summed E-state index contributed by atoms with van der Waals surface area (Å²) in [5, 5.41) is 29.1. The second-order valence-corrected chi connectivity index (χ2v) is 6.73. The number of hydrogen-bond acceptors (Lipinski definition) is 5. The minimum atomic E-state index is -1.21. The van der Waals surface area contributed by atoms with Gasteiger partial charge in [-0.3, -0.25) is 0 Å². The van der Waals surface area contributed by atoms with E-state index in [1.807, 2.05) is 0 Å². The van der Waals surface area contributed by atoms with Gasteiger partial charge in [-0.2, -0.15) is 0 Å². The van der Waals surface area contributed by atoms with Gasteiger partial charge in [0.05, 0.1) is 6.10 Å². The van der Waals surface area contributed by atoms with Crippen LogP contribution in [0.5, 0.6) is 0 Å². The topological polar surface area (TPSA) is 79.2 Å². The van der Waals surface area contributed by atoms with Crippen molar-refractivity contribution in [2.75, 3.05) is 6.61 Å². The Labute approximate surface area is 141 Å². The Bertz CT molecular complexity index is 287. The van der Waals surface area contributed by atoms with Crippen molar-refractivity contribution in [1.82, 2.24) is 0 Å². The molecule has 1 heterocycles. The minimum Gasteiger partial charge on any atom is -0.388 e. The van der Waals surface area contributed by atoms with Gasteiger partial charge in [0.25, 0.3) is 0 Å². The van der Waals surface area contributed by atoms with E-state index in [4.69, 9.17) is 9.47 Å². The van der Waals surface area contributed by atoms with Crippen LogP contribution < -0.4 is 0 Å². The molecule has 0 aromatic carbocycles. The Hall–Kier alpha value is -0.200.